The molecule has 1 aliphatic carbocycles. The molecule has 0 spiro atoms. The van der Waals surface area contributed by atoms with Gasteiger partial charge in [0.1, 0.15) is 5.75 Å². The molecule has 1 aromatic rings. The summed E-state index contributed by atoms with van der Waals surface area (Å²) in [5.41, 5.74) is 1.18. The second kappa shape index (κ2) is 10.7. The van der Waals surface area contributed by atoms with E-state index in [4.69, 9.17) is 4.74 Å². The number of nitrogens with zero attached hydrogens (tertiary/aromatic N) is 1. The number of hydrogen-bond acceptors (Lipinski definition) is 2. The van der Waals surface area contributed by atoms with Crippen LogP contribution >= 0.6 is 24.0 Å². The maximum atomic E-state index is 6.05. The number of halogens is 1. The Morgan fingerprint density at radius 3 is 2.68 bits per heavy atom. The highest BCUT2D eigenvalue weighted by Gasteiger charge is 2.20. The molecule has 0 unspecified atom stereocenters. The average Bonchev–Trinajstić information content (AvgIpc) is 2.47. The lowest BCUT2D eigenvalue weighted by molar-refractivity contribution is 0.119. The average molecular weight is 417 g/mol. The van der Waals surface area contributed by atoms with Gasteiger partial charge in [0, 0.05) is 25.7 Å². The molecule has 2 rings (SSSR count). The zero-order chi connectivity index (χ0) is 14.9. The number of guanidine groups is 1. The molecule has 22 heavy (non-hydrogen) atoms. The first-order chi connectivity index (χ1) is 10.3. The SMILES string of the molecule is CCCCNC(=NC)NCc1ccccc1OC1CCC1.I. The molecule has 124 valence electrons. The maximum absolute atomic E-state index is 6.05. The maximum Gasteiger partial charge on any atom is 0.191 e. The minimum atomic E-state index is 0. The first-order valence-corrected chi connectivity index (χ1v) is 8.02. The third kappa shape index (κ3) is 6.02. The highest BCUT2D eigenvalue weighted by molar-refractivity contribution is 14.0. The van der Waals surface area contributed by atoms with Crippen LogP contribution in [0.5, 0.6) is 5.75 Å². The van der Waals surface area contributed by atoms with Crippen LogP contribution in [0.3, 0.4) is 0 Å². The summed E-state index contributed by atoms with van der Waals surface area (Å²) in [6.45, 7) is 3.87. The van der Waals surface area contributed by atoms with Gasteiger partial charge in [-0.15, -0.1) is 24.0 Å². The summed E-state index contributed by atoms with van der Waals surface area (Å²) in [5, 5.41) is 6.67. The highest BCUT2D eigenvalue weighted by atomic mass is 127. The molecule has 0 amide bonds. The molecule has 0 aliphatic heterocycles. The lowest BCUT2D eigenvalue weighted by Gasteiger charge is -2.27. The number of aliphatic imine (C=N–C) groups is 1. The van der Waals surface area contributed by atoms with Gasteiger partial charge in [0.2, 0.25) is 0 Å². The fourth-order valence-corrected chi connectivity index (χ4v) is 2.22. The molecule has 5 heteroatoms. The van der Waals surface area contributed by atoms with E-state index in [0.29, 0.717) is 6.10 Å². The van der Waals surface area contributed by atoms with E-state index in [9.17, 15) is 0 Å². The number of hydrogen-bond donors (Lipinski definition) is 2. The van der Waals surface area contributed by atoms with Gasteiger partial charge in [-0.1, -0.05) is 31.5 Å². The Morgan fingerprint density at radius 1 is 1.27 bits per heavy atom. The number of rotatable bonds is 7. The minimum absolute atomic E-state index is 0. The predicted molar refractivity (Wildman–Crippen MR) is 103 cm³/mol. The summed E-state index contributed by atoms with van der Waals surface area (Å²) in [4.78, 5) is 4.25. The van der Waals surface area contributed by atoms with E-state index in [1.807, 2.05) is 6.07 Å². The van der Waals surface area contributed by atoms with Gasteiger partial charge in [0.05, 0.1) is 6.10 Å². The van der Waals surface area contributed by atoms with E-state index in [0.717, 1.165) is 31.2 Å². The Balaban J connectivity index is 0.00000242. The van der Waals surface area contributed by atoms with E-state index in [2.05, 4.69) is 40.7 Å². The summed E-state index contributed by atoms with van der Waals surface area (Å²) < 4.78 is 6.05. The van der Waals surface area contributed by atoms with Gasteiger partial charge >= 0.3 is 0 Å². The van der Waals surface area contributed by atoms with Crippen molar-refractivity contribution in [1.29, 1.82) is 0 Å². The van der Waals surface area contributed by atoms with Crippen LogP contribution < -0.4 is 15.4 Å². The number of benzene rings is 1. The zero-order valence-corrected chi connectivity index (χ0v) is 15.9. The molecular weight excluding hydrogens is 389 g/mol. The van der Waals surface area contributed by atoms with Gasteiger partial charge < -0.3 is 15.4 Å². The van der Waals surface area contributed by atoms with Crippen molar-refractivity contribution in [2.75, 3.05) is 13.6 Å². The molecule has 4 nitrogen and oxygen atoms in total. The molecule has 1 fully saturated rings. The van der Waals surface area contributed by atoms with Gasteiger partial charge in [-0.05, 0) is 31.7 Å². The Hall–Kier alpha value is -0.980. The van der Waals surface area contributed by atoms with E-state index >= 15 is 0 Å². The quantitative estimate of drug-likeness (QED) is 0.308. The molecular formula is C17H28IN3O. The fraction of sp³-hybridized carbons (Fsp3) is 0.588. The molecule has 0 radical (unpaired) electrons. The van der Waals surface area contributed by atoms with E-state index < -0.39 is 0 Å². The zero-order valence-electron chi connectivity index (χ0n) is 13.6. The third-order valence-electron chi connectivity index (χ3n) is 3.81. The Labute approximate surface area is 151 Å². The van der Waals surface area contributed by atoms with E-state index in [1.165, 1.54) is 31.2 Å². The number of unbranched alkanes of at least 4 members (excludes halogenated alkanes) is 1. The first-order valence-electron chi connectivity index (χ1n) is 8.02. The summed E-state index contributed by atoms with van der Waals surface area (Å²) in [6, 6.07) is 8.26. The monoisotopic (exact) mass is 417 g/mol. The second-order valence-electron chi connectivity index (χ2n) is 5.48. The van der Waals surface area contributed by atoms with Crippen molar-refractivity contribution in [2.24, 2.45) is 4.99 Å². The Kier molecular flexibility index (Phi) is 9.27. The molecule has 0 aromatic heterocycles. The van der Waals surface area contributed by atoms with Crippen LogP contribution in [0.1, 0.15) is 44.6 Å². The van der Waals surface area contributed by atoms with Crippen LogP contribution in [-0.2, 0) is 6.54 Å². The van der Waals surface area contributed by atoms with Gasteiger partial charge in [-0.2, -0.15) is 0 Å². The van der Waals surface area contributed by atoms with Crippen molar-refractivity contribution in [3.63, 3.8) is 0 Å². The molecule has 0 saturated heterocycles. The molecule has 0 atom stereocenters. The van der Waals surface area contributed by atoms with Gasteiger partial charge in [-0.3, -0.25) is 4.99 Å². The van der Waals surface area contributed by atoms with Crippen LogP contribution in [-0.4, -0.2) is 25.7 Å². The van der Waals surface area contributed by atoms with Crippen LogP contribution in [0.2, 0.25) is 0 Å². The number of para-hydroxylation sites is 1. The smallest absolute Gasteiger partial charge is 0.191 e. The van der Waals surface area contributed by atoms with Crippen molar-refractivity contribution in [3.8, 4) is 5.75 Å². The summed E-state index contributed by atoms with van der Waals surface area (Å²) in [6.07, 6.45) is 6.40. The first kappa shape index (κ1) is 19.1. The largest absolute Gasteiger partial charge is 0.490 e. The second-order valence-corrected chi connectivity index (χ2v) is 5.48. The fourth-order valence-electron chi connectivity index (χ4n) is 2.22. The normalized spacial score (nSPS) is 14.7. The van der Waals surface area contributed by atoms with Crippen molar-refractivity contribution in [2.45, 2.75) is 51.7 Å². The molecule has 0 heterocycles. The van der Waals surface area contributed by atoms with E-state index in [1.54, 1.807) is 7.05 Å². The van der Waals surface area contributed by atoms with Crippen LogP contribution in [0.15, 0.2) is 29.3 Å². The third-order valence-corrected chi connectivity index (χ3v) is 3.81. The lowest BCUT2D eigenvalue weighted by atomic mass is 9.96. The molecule has 1 aromatic carbocycles. The van der Waals surface area contributed by atoms with Gasteiger partial charge in [0.15, 0.2) is 5.96 Å². The van der Waals surface area contributed by atoms with Crippen molar-refractivity contribution in [1.82, 2.24) is 10.6 Å². The van der Waals surface area contributed by atoms with Crippen molar-refractivity contribution >= 4 is 29.9 Å². The Morgan fingerprint density at radius 2 is 2.05 bits per heavy atom. The van der Waals surface area contributed by atoms with Crippen molar-refractivity contribution in [3.05, 3.63) is 29.8 Å². The van der Waals surface area contributed by atoms with Gasteiger partial charge in [0.25, 0.3) is 0 Å². The Bertz CT molecular complexity index is 461. The minimum Gasteiger partial charge on any atom is -0.490 e. The molecule has 0 bridgehead atoms. The van der Waals surface area contributed by atoms with Crippen molar-refractivity contribution < 1.29 is 4.74 Å². The van der Waals surface area contributed by atoms with Crippen LogP contribution in [0.25, 0.3) is 0 Å². The highest BCUT2D eigenvalue weighted by Crippen LogP contribution is 2.27. The standard InChI is InChI=1S/C17H27N3O.HI/c1-3-4-12-19-17(18-2)20-13-14-8-5-6-11-16(14)21-15-9-7-10-15;/h5-6,8,11,15H,3-4,7,9-10,12-13H2,1-2H3,(H2,18,19,20);1H. The number of ether oxygens (including phenoxy) is 1. The molecule has 1 saturated carbocycles. The van der Waals surface area contributed by atoms with Gasteiger partial charge in [-0.25, -0.2) is 0 Å². The summed E-state index contributed by atoms with van der Waals surface area (Å²) in [7, 11) is 1.80. The summed E-state index contributed by atoms with van der Waals surface area (Å²) in [5.74, 6) is 1.85. The molecule has 2 N–H and O–H groups in total. The number of nitrogens with one attached hydrogen (secondary N) is 2. The van der Waals surface area contributed by atoms with Crippen LogP contribution in [0.4, 0.5) is 0 Å². The molecule has 1 aliphatic rings. The van der Waals surface area contributed by atoms with Crippen LogP contribution in [0, 0.1) is 0 Å². The summed E-state index contributed by atoms with van der Waals surface area (Å²) >= 11 is 0. The lowest BCUT2D eigenvalue weighted by Crippen LogP contribution is -2.37. The van der Waals surface area contributed by atoms with E-state index in [-0.39, 0.29) is 24.0 Å². The predicted octanol–water partition coefficient (Wildman–Crippen LogP) is 3.70. The topological polar surface area (TPSA) is 45.7 Å².